The van der Waals surface area contributed by atoms with Crippen LogP contribution in [0.2, 0.25) is 0 Å². The van der Waals surface area contributed by atoms with Gasteiger partial charge >= 0.3 is 5.97 Å². The van der Waals surface area contributed by atoms with Gasteiger partial charge in [-0.25, -0.2) is 4.79 Å². The molecule has 0 bridgehead atoms. The van der Waals surface area contributed by atoms with Crippen LogP contribution in [0.3, 0.4) is 0 Å². The lowest BCUT2D eigenvalue weighted by Gasteiger charge is -2.25. The predicted octanol–water partition coefficient (Wildman–Crippen LogP) is 0.435. The number of nitrogens with zero attached hydrogens (tertiary/aromatic N) is 1. The molecular formula is C11H20N2O3. The summed E-state index contributed by atoms with van der Waals surface area (Å²) in [5, 5.41) is 9.00. The van der Waals surface area contributed by atoms with E-state index in [4.69, 9.17) is 10.8 Å². The predicted molar refractivity (Wildman–Crippen MR) is 59.8 cm³/mol. The number of hydrogen-bond donors (Lipinski definition) is 2. The number of aliphatic carboxylic acids is 1. The van der Waals surface area contributed by atoms with Crippen molar-refractivity contribution in [2.75, 3.05) is 6.54 Å². The van der Waals surface area contributed by atoms with Gasteiger partial charge in [0.1, 0.15) is 6.04 Å². The third-order valence-electron chi connectivity index (χ3n) is 2.62. The minimum Gasteiger partial charge on any atom is -0.480 e. The molecule has 2 unspecified atom stereocenters. The summed E-state index contributed by atoms with van der Waals surface area (Å²) >= 11 is 0. The van der Waals surface area contributed by atoms with Crippen LogP contribution in [0.25, 0.3) is 0 Å². The Kier molecular flexibility index (Phi) is 3.57. The summed E-state index contributed by atoms with van der Waals surface area (Å²) < 4.78 is 0. The number of hydrogen-bond acceptors (Lipinski definition) is 3. The maximum atomic E-state index is 11.9. The summed E-state index contributed by atoms with van der Waals surface area (Å²) in [7, 11) is 0. The molecule has 0 radical (unpaired) electrons. The fourth-order valence-electron chi connectivity index (χ4n) is 1.93. The van der Waals surface area contributed by atoms with Crippen molar-refractivity contribution in [1.82, 2.24) is 4.90 Å². The van der Waals surface area contributed by atoms with Crippen LogP contribution in [0, 0.1) is 5.41 Å². The Morgan fingerprint density at radius 2 is 2.00 bits per heavy atom. The van der Waals surface area contributed by atoms with Crippen LogP contribution in [0.4, 0.5) is 0 Å². The highest BCUT2D eigenvalue weighted by Gasteiger charge is 2.38. The van der Waals surface area contributed by atoms with Crippen LogP contribution in [-0.4, -0.2) is 40.5 Å². The molecule has 1 amide bonds. The highest BCUT2D eigenvalue weighted by Crippen LogP contribution is 2.24. The zero-order valence-corrected chi connectivity index (χ0v) is 10.1. The van der Waals surface area contributed by atoms with E-state index >= 15 is 0 Å². The van der Waals surface area contributed by atoms with Gasteiger partial charge in [-0.1, -0.05) is 20.8 Å². The molecule has 1 rings (SSSR count). The Hall–Kier alpha value is -1.10. The Morgan fingerprint density at radius 3 is 2.44 bits per heavy atom. The van der Waals surface area contributed by atoms with E-state index in [1.54, 1.807) is 0 Å². The molecule has 0 aromatic carbocycles. The number of carboxylic acids is 1. The number of carbonyl (C=O) groups is 2. The Balaban J connectivity index is 2.71. The molecule has 1 fully saturated rings. The van der Waals surface area contributed by atoms with E-state index in [0.717, 1.165) is 0 Å². The van der Waals surface area contributed by atoms with Crippen molar-refractivity contribution >= 4 is 11.9 Å². The third kappa shape index (κ3) is 3.20. The molecule has 3 N–H and O–H groups in total. The van der Waals surface area contributed by atoms with E-state index in [1.165, 1.54) is 4.90 Å². The average Bonchev–Trinajstić information content (AvgIpc) is 2.44. The normalized spacial score (nSPS) is 25.9. The van der Waals surface area contributed by atoms with Crippen molar-refractivity contribution in [2.24, 2.45) is 11.1 Å². The van der Waals surface area contributed by atoms with Gasteiger partial charge in [0.05, 0.1) is 0 Å². The van der Waals surface area contributed by atoms with Gasteiger partial charge in [-0.2, -0.15) is 0 Å². The zero-order valence-electron chi connectivity index (χ0n) is 10.1. The van der Waals surface area contributed by atoms with Crippen molar-refractivity contribution in [3.05, 3.63) is 0 Å². The van der Waals surface area contributed by atoms with Gasteiger partial charge in [0.2, 0.25) is 5.91 Å². The van der Waals surface area contributed by atoms with E-state index in [9.17, 15) is 9.59 Å². The van der Waals surface area contributed by atoms with E-state index in [0.29, 0.717) is 19.4 Å². The topological polar surface area (TPSA) is 83.6 Å². The highest BCUT2D eigenvalue weighted by atomic mass is 16.4. The number of rotatable bonds is 2. The maximum absolute atomic E-state index is 11.9. The first kappa shape index (κ1) is 13.0. The van der Waals surface area contributed by atoms with Crippen molar-refractivity contribution < 1.29 is 14.7 Å². The SMILES string of the molecule is CC(C)(C)CC(=O)N1CC(N)CC1C(=O)O. The molecule has 0 aromatic heterocycles. The van der Waals surface area contributed by atoms with Gasteiger partial charge in [-0.15, -0.1) is 0 Å². The van der Waals surface area contributed by atoms with E-state index < -0.39 is 12.0 Å². The molecule has 0 aromatic rings. The van der Waals surface area contributed by atoms with Crippen LogP contribution >= 0.6 is 0 Å². The fraction of sp³-hybridized carbons (Fsp3) is 0.818. The van der Waals surface area contributed by atoms with E-state index in [2.05, 4.69) is 0 Å². The second-order valence-corrected chi connectivity index (χ2v) is 5.63. The lowest BCUT2D eigenvalue weighted by molar-refractivity contribution is -0.148. The molecule has 5 nitrogen and oxygen atoms in total. The molecule has 1 heterocycles. The highest BCUT2D eigenvalue weighted by molar-refractivity contribution is 5.84. The molecule has 1 saturated heterocycles. The molecule has 0 spiro atoms. The van der Waals surface area contributed by atoms with E-state index in [1.807, 2.05) is 20.8 Å². The summed E-state index contributed by atoms with van der Waals surface area (Å²) in [5.41, 5.74) is 5.57. The first-order valence-electron chi connectivity index (χ1n) is 5.48. The summed E-state index contributed by atoms with van der Waals surface area (Å²) in [6.07, 6.45) is 0.703. The molecule has 16 heavy (non-hydrogen) atoms. The van der Waals surface area contributed by atoms with Crippen LogP contribution < -0.4 is 5.73 Å². The number of amides is 1. The molecule has 0 saturated carbocycles. The van der Waals surface area contributed by atoms with Crippen molar-refractivity contribution in [3.63, 3.8) is 0 Å². The monoisotopic (exact) mass is 228 g/mol. The van der Waals surface area contributed by atoms with Gasteiger partial charge in [0.15, 0.2) is 0 Å². The van der Waals surface area contributed by atoms with Crippen molar-refractivity contribution in [1.29, 1.82) is 0 Å². The zero-order chi connectivity index (χ0) is 12.5. The molecule has 1 aliphatic heterocycles. The quantitative estimate of drug-likeness (QED) is 0.718. The lowest BCUT2D eigenvalue weighted by Crippen LogP contribution is -2.42. The molecule has 0 aliphatic carbocycles. The van der Waals surface area contributed by atoms with Crippen molar-refractivity contribution in [3.8, 4) is 0 Å². The fourth-order valence-corrected chi connectivity index (χ4v) is 1.93. The second-order valence-electron chi connectivity index (χ2n) is 5.63. The van der Waals surface area contributed by atoms with Gasteiger partial charge in [-0.05, 0) is 11.8 Å². The minimum atomic E-state index is -0.963. The van der Waals surface area contributed by atoms with Crippen LogP contribution in [0.1, 0.15) is 33.6 Å². The van der Waals surface area contributed by atoms with Gasteiger partial charge in [0, 0.05) is 19.0 Å². The number of carboxylic acid groups (broad SMARTS) is 1. The summed E-state index contributed by atoms with van der Waals surface area (Å²) in [6.45, 7) is 6.22. The Bertz CT molecular complexity index is 296. The first-order chi connectivity index (χ1) is 7.20. The van der Waals surface area contributed by atoms with Crippen molar-refractivity contribution in [2.45, 2.75) is 45.7 Å². The molecular weight excluding hydrogens is 208 g/mol. The first-order valence-corrected chi connectivity index (χ1v) is 5.48. The minimum absolute atomic E-state index is 0.118. The van der Waals surface area contributed by atoms with Gasteiger partial charge in [-0.3, -0.25) is 4.79 Å². The van der Waals surface area contributed by atoms with Crippen LogP contribution in [0.15, 0.2) is 0 Å². The number of carbonyl (C=O) groups excluding carboxylic acids is 1. The molecule has 2 atom stereocenters. The summed E-state index contributed by atoms with van der Waals surface area (Å²) in [4.78, 5) is 24.3. The second kappa shape index (κ2) is 4.41. The smallest absolute Gasteiger partial charge is 0.326 e. The standard InChI is InChI=1S/C11H20N2O3/c1-11(2,3)5-9(14)13-6-7(12)4-8(13)10(15)16/h7-8H,4-6,12H2,1-3H3,(H,15,16). The maximum Gasteiger partial charge on any atom is 0.326 e. The van der Waals surface area contributed by atoms with E-state index in [-0.39, 0.29) is 17.4 Å². The van der Waals surface area contributed by atoms with Crippen LogP contribution in [0.5, 0.6) is 0 Å². The number of nitrogens with two attached hydrogens (primary N) is 1. The molecule has 92 valence electrons. The Morgan fingerprint density at radius 1 is 1.44 bits per heavy atom. The summed E-state index contributed by atoms with van der Waals surface area (Å²) in [6, 6.07) is -0.963. The third-order valence-corrected chi connectivity index (χ3v) is 2.62. The summed E-state index contributed by atoms with van der Waals surface area (Å²) in [5.74, 6) is -1.08. The molecule has 5 heteroatoms. The largest absolute Gasteiger partial charge is 0.480 e. The number of likely N-dealkylation sites (tertiary alicyclic amines) is 1. The lowest BCUT2D eigenvalue weighted by atomic mass is 9.91. The van der Waals surface area contributed by atoms with Gasteiger partial charge in [0.25, 0.3) is 0 Å². The Labute approximate surface area is 95.6 Å². The average molecular weight is 228 g/mol. The van der Waals surface area contributed by atoms with Crippen LogP contribution in [-0.2, 0) is 9.59 Å². The van der Waals surface area contributed by atoms with Gasteiger partial charge < -0.3 is 15.7 Å². The molecule has 1 aliphatic rings.